The zero-order valence-corrected chi connectivity index (χ0v) is 18.9. The van der Waals surface area contributed by atoms with Crippen LogP contribution in [0.4, 0.5) is 0 Å². The van der Waals surface area contributed by atoms with E-state index in [1.807, 2.05) is 37.3 Å². The van der Waals surface area contributed by atoms with Gasteiger partial charge in [0.15, 0.2) is 23.6 Å². The number of hydrogen-bond donors (Lipinski definition) is 0. The molecule has 2 unspecified atom stereocenters. The predicted molar refractivity (Wildman–Crippen MR) is 109 cm³/mol. The molecule has 1 spiro atoms. The van der Waals surface area contributed by atoms with Crippen LogP contribution in [0.15, 0.2) is 30.3 Å². The van der Waals surface area contributed by atoms with E-state index in [0.29, 0.717) is 6.42 Å². The Morgan fingerprint density at radius 3 is 2.64 bits per heavy atom. The molecule has 1 aromatic carbocycles. The lowest BCUT2D eigenvalue weighted by Crippen LogP contribution is -2.76. The average molecular weight is 460 g/mol. The first kappa shape index (κ1) is 21.5. The van der Waals surface area contributed by atoms with Crippen LogP contribution in [0, 0.1) is 17.3 Å². The van der Waals surface area contributed by atoms with E-state index >= 15 is 0 Å². The highest BCUT2D eigenvalue weighted by Crippen LogP contribution is 2.69. The summed E-state index contributed by atoms with van der Waals surface area (Å²) in [5, 5.41) is 0. The number of fused-ring (bicyclic) bond motifs is 3. The van der Waals surface area contributed by atoms with Crippen LogP contribution < -0.4 is 0 Å². The summed E-state index contributed by atoms with van der Waals surface area (Å²) in [5.41, 5.74) is -2.19. The Hall–Kier alpha value is -2.04. The monoisotopic (exact) mass is 460 g/mol. The third-order valence-corrected chi connectivity index (χ3v) is 8.42. The molecule has 9 nitrogen and oxygen atoms in total. The van der Waals surface area contributed by atoms with Crippen molar-refractivity contribution in [3.05, 3.63) is 35.9 Å². The van der Waals surface area contributed by atoms with E-state index < -0.39 is 59.0 Å². The summed E-state index contributed by atoms with van der Waals surface area (Å²) in [4.78, 5) is 26.4. The van der Waals surface area contributed by atoms with Crippen LogP contribution >= 0.6 is 0 Å². The van der Waals surface area contributed by atoms with Crippen LogP contribution in [-0.4, -0.2) is 68.3 Å². The van der Waals surface area contributed by atoms with Crippen molar-refractivity contribution >= 4 is 11.9 Å². The largest absolute Gasteiger partial charge is 0.458 e. The van der Waals surface area contributed by atoms with Crippen molar-refractivity contribution in [2.45, 2.75) is 62.7 Å². The van der Waals surface area contributed by atoms with Gasteiger partial charge in [-0.2, -0.15) is 0 Å². The van der Waals surface area contributed by atoms with Gasteiger partial charge < -0.3 is 33.2 Å². The summed E-state index contributed by atoms with van der Waals surface area (Å²) >= 11 is 0. The second-order valence-electron chi connectivity index (χ2n) is 10.0. The summed E-state index contributed by atoms with van der Waals surface area (Å²) in [7, 11) is 1.54. The maximum atomic E-state index is 13.3. The minimum absolute atomic E-state index is 0.0240. The molecule has 5 aliphatic rings. The molecule has 1 saturated carbocycles. The van der Waals surface area contributed by atoms with Crippen LogP contribution in [0.3, 0.4) is 0 Å². The molecule has 4 saturated heterocycles. The van der Waals surface area contributed by atoms with Gasteiger partial charge in [-0.3, -0.25) is 4.79 Å². The molecule has 0 aromatic heterocycles. The number of benzene rings is 1. The second-order valence-corrected chi connectivity index (χ2v) is 10.0. The van der Waals surface area contributed by atoms with Gasteiger partial charge in [0.25, 0.3) is 0 Å². The van der Waals surface area contributed by atoms with Crippen molar-refractivity contribution in [1.82, 2.24) is 0 Å². The Bertz CT molecular complexity index is 968. The van der Waals surface area contributed by atoms with Gasteiger partial charge in [-0.1, -0.05) is 37.3 Å². The molecule has 4 aliphatic heterocycles. The smallest absolute Gasteiger partial charge is 0.339 e. The molecule has 4 bridgehead atoms. The Balaban J connectivity index is 1.47. The summed E-state index contributed by atoms with van der Waals surface area (Å²) in [6.45, 7) is 4.20. The molecule has 0 radical (unpaired) electrons. The fourth-order valence-corrected chi connectivity index (χ4v) is 6.92. The number of methoxy groups -OCH3 is 1. The molecule has 0 N–H and O–H groups in total. The number of carbonyl (C=O) groups is 2. The SMILES string of the molecule is COCO[C@@H]1C2[C@]34O[C@H]1OC[C@H]1C(=O)O[C@H](C[C@@]21C)[C@]3(C)OC(=O)C4OCc1ccccc1. The predicted octanol–water partition coefficient (Wildman–Crippen LogP) is 1.57. The van der Waals surface area contributed by atoms with Gasteiger partial charge in [0, 0.05) is 13.0 Å². The average Bonchev–Trinajstić information content (AvgIpc) is 3.18. The third kappa shape index (κ3) is 2.65. The molecule has 6 rings (SSSR count). The molecule has 9 heteroatoms. The zero-order chi connectivity index (χ0) is 23.0. The van der Waals surface area contributed by atoms with Crippen LogP contribution in [0.25, 0.3) is 0 Å². The first-order chi connectivity index (χ1) is 15.8. The van der Waals surface area contributed by atoms with E-state index in [2.05, 4.69) is 0 Å². The van der Waals surface area contributed by atoms with Crippen molar-refractivity contribution in [1.29, 1.82) is 0 Å². The van der Waals surface area contributed by atoms with Gasteiger partial charge in [0.05, 0.1) is 19.1 Å². The number of hydrogen-bond acceptors (Lipinski definition) is 9. The normalized spacial score (nSPS) is 47.1. The van der Waals surface area contributed by atoms with Crippen molar-refractivity contribution in [2.24, 2.45) is 17.3 Å². The van der Waals surface area contributed by atoms with Gasteiger partial charge in [0.1, 0.15) is 19.0 Å². The minimum Gasteiger partial charge on any atom is -0.458 e. The summed E-state index contributed by atoms with van der Waals surface area (Å²) < 4.78 is 42.1. The second kappa shape index (κ2) is 7.23. The van der Waals surface area contributed by atoms with Crippen LogP contribution in [0.2, 0.25) is 0 Å². The van der Waals surface area contributed by atoms with Gasteiger partial charge in [0.2, 0.25) is 0 Å². The van der Waals surface area contributed by atoms with Crippen molar-refractivity contribution in [2.75, 3.05) is 20.5 Å². The standard InChI is InChI=1S/C24H28O9/c1-22-9-15-23(2)24(18(20(26)32-23)28-10-13-7-5-4-6-8-13)17(22)16(30-12-27-3)21(33-24)29-11-14(22)19(25)31-15/h4-8,14-18,21H,9-12H2,1-3H3/t14-,15+,16+,17?,18?,21+,22+,23-,24+/m0/s1. The number of rotatable bonds is 6. The van der Waals surface area contributed by atoms with Gasteiger partial charge in [-0.15, -0.1) is 0 Å². The van der Waals surface area contributed by atoms with E-state index in [1.54, 1.807) is 14.0 Å². The summed E-state index contributed by atoms with van der Waals surface area (Å²) in [6.07, 6.45) is -2.54. The molecule has 0 amide bonds. The van der Waals surface area contributed by atoms with Crippen molar-refractivity contribution < 1.29 is 42.7 Å². The molecular weight excluding hydrogens is 432 g/mol. The van der Waals surface area contributed by atoms with E-state index in [-0.39, 0.29) is 26.0 Å². The number of esters is 2. The van der Waals surface area contributed by atoms with E-state index in [4.69, 9.17) is 33.2 Å². The number of ether oxygens (including phenoxy) is 7. The van der Waals surface area contributed by atoms with Crippen LogP contribution in [0.1, 0.15) is 25.8 Å². The lowest BCUT2D eigenvalue weighted by molar-refractivity contribution is -0.319. The zero-order valence-electron chi connectivity index (χ0n) is 18.9. The molecule has 1 aromatic rings. The molecule has 1 aliphatic carbocycles. The fraction of sp³-hybridized carbons (Fsp3) is 0.667. The molecule has 178 valence electrons. The maximum absolute atomic E-state index is 13.3. The van der Waals surface area contributed by atoms with Gasteiger partial charge in [-0.25, -0.2) is 4.79 Å². The van der Waals surface area contributed by atoms with Crippen LogP contribution in [-0.2, 0) is 49.4 Å². The summed E-state index contributed by atoms with van der Waals surface area (Å²) in [6, 6.07) is 9.60. The van der Waals surface area contributed by atoms with Gasteiger partial charge in [-0.05, 0) is 24.3 Å². The highest BCUT2D eigenvalue weighted by atomic mass is 16.8. The topological polar surface area (TPSA) is 98.8 Å². The molecule has 33 heavy (non-hydrogen) atoms. The van der Waals surface area contributed by atoms with Gasteiger partial charge >= 0.3 is 11.9 Å². The lowest BCUT2D eigenvalue weighted by atomic mass is 9.48. The number of carbonyl (C=O) groups excluding carboxylic acids is 2. The fourth-order valence-electron chi connectivity index (χ4n) is 6.92. The lowest BCUT2D eigenvalue weighted by Gasteiger charge is -2.61. The minimum atomic E-state index is -1.25. The van der Waals surface area contributed by atoms with E-state index in [1.165, 1.54) is 0 Å². The van der Waals surface area contributed by atoms with E-state index in [0.717, 1.165) is 5.56 Å². The Morgan fingerprint density at radius 2 is 1.88 bits per heavy atom. The molecule has 9 atom stereocenters. The summed E-state index contributed by atoms with van der Waals surface area (Å²) in [5.74, 6) is -1.80. The Kier molecular flexibility index (Phi) is 4.71. The Morgan fingerprint density at radius 1 is 1.09 bits per heavy atom. The molecule has 5 fully saturated rings. The molecular formula is C24H28O9. The third-order valence-electron chi connectivity index (χ3n) is 8.42. The Labute approximate surface area is 191 Å². The first-order valence-electron chi connectivity index (χ1n) is 11.3. The van der Waals surface area contributed by atoms with Crippen LogP contribution in [0.5, 0.6) is 0 Å². The maximum Gasteiger partial charge on any atom is 0.339 e. The highest BCUT2D eigenvalue weighted by molar-refractivity contribution is 5.83. The van der Waals surface area contributed by atoms with E-state index in [9.17, 15) is 9.59 Å². The molecule has 4 heterocycles. The van der Waals surface area contributed by atoms with Crippen molar-refractivity contribution in [3.63, 3.8) is 0 Å². The van der Waals surface area contributed by atoms with Crippen molar-refractivity contribution in [3.8, 4) is 0 Å². The quantitative estimate of drug-likeness (QED) is 0.463. The first-order valence-corrected chi connectivity index (χ1v) is 11.3. The highest BCUT2D eigenvalue weighted by Gasteiger charge is 2.86.